The maximum Gasteiger partial charge on any atom is 0.329 e. The van der Waals surface area contributed by atoms with Crippen molar-refractivity contribution in [2.75, 3.05) is 36.9 Å². The van der Waals surface area contributed by atoms with Gasteiger partial charge in [0, 0.05) is 73.9 Å². The Morgan fingerprint density at radius 1 is 0.982 bits per heavy atom. The molecule has 56 heavy (non-hydrogen) atoms. The van der Waals surface area contributed by atoms with Gasteiger partial charge in [-0.15, -0.1) is 0 Å². The number of amides is 3. The molecular formula is C42H51N9O5. The van der Waals surface area contributed by atoms with Crippen LogP contribution in [-0.2, 0) is 22.2 Å². The molecule has 0 radical (unpaired) electrons. The van der Waals surface area contributed by atoms with E-state index in [2.05, 4.69) is 49.4 Å². The van der Waals surface area contributed by atoms with Crippen molar-refractivity contribution in [2.24, 2.45) is 13.0 Å². The molecular weight excluding hydrogens is 711 g/mol. The van der Waals surface area contributed by atoms with E-state index in [0.717, 1.165) is 85.8 Å². The summed E-state index contributed by atoms with van der Waals surface area (Å²) in [5.74, 6) is -0.440. The number of hydrogen-bond acceptors (Lipinski definition) is 9. The van der Waals surface area contributed by atoms with Gasteiger partial charge < -0.3 is 20.2 Å². The van der Waals surface area contributed by atoms with Gasteiger partial charge in [-0.1, -0.05) is 6.07 Å². The number of fused-ring (bicyclic) bond motifs is 2. The largest absolute Gasteiger partial charge is 0.386 e. The summed E-state index contributed by atoms with van der Waals surface area (Å²) in [5.41, 5.74) is 3.33. The number of carbonyl (C=O) groups is 3. The van der Waals surface area contributed by atoms with Crippen molar-refractivity contribution >= 4 is 51.0 Å². The molecule has 3 N–H and O–H groups in total. The van der Waals surface area contributed by atoms with Crippen LogP contribution < -0.4 is 21.2 Å². The molecule has 2 saturated heterocycles. The Balaban J connectivity index is 0.873. The van der Waals surface area contributed by atoms with Gasteiger partial charge in [0.25, 0.3) is 5.91 Å². The Morgan fingerprint density at radius 2 is 1.75 bits per heavy atom. The highest BCUT2D eigenvalue weighted by Crippen LogP contribution is 2.37. The Hall–Kier alpha value is -5.34. The third-order valence-electron chi connectivity index (χ3n) is 12.3. The van der Waals surface area contributed by atoms with E-state index < -0.39 is 17.6 Å². The molecule has 1 unspecified atom stereocenters. The number of nitrogens with one attached hydrogen (secondary N) is 2. The third-order valence-corrected chi connectivity index (χ3v) is 12.3. The summed E-state index contributed by atoms with van der Waals surface area (Å²) in [5, 5.41) is 22.2. The number of aryl methyl sites for hydroxylation is 1. The lowest BCUT2D eigenvalue weighted by atomic mass is 9.85. The Morgan fingerprint density at radius 3 is 2.45 bits per heavy atom. The minimum Gasteiger partial charge on any atom is -0.386 e. The standard InChI is InChI=1S/C42H51N9O5/c1-42(2,56)31-23-33-27(21-34(31)44-39(53)32-7-5-6-18-43-32)25-50(46-33)29-10-8-26(9-11-29)24-47(3)28-16-19-49(20-17-28)30-12-13-35-37(22-30)51(41(55)48(35)4)36-14-15-38(52)45-40(36)54/h5-7,12-13,18,21-23,25-26,28-29,36,56H,8-11,14-17,19-20,24H2,1-4H3,(H,44,53)(H,45,52,54)/t26-,29-,36?. The molecule has 294 valence electrons. The first-order valence-electron chi connectivity index (χ1n) is 19.8. The fraction of sp³-hybridized carbons (Fsp3) is 0.476. The van der Waals surface area contributed by atoms with Crippen LogP contribution >= 0.6 is 0 Å². The second-order valence-corrected chi connectivity index (χ2v) is 16.5. The van der Waals surface area contributed by atoms with Crippen LogP contribution in [0.4, 0.5) is 11.4 Å². The number of anilines is 2. The molecule has 3 aliphatic rings. The summed E-state index contributed by atoms with van der Waals surface area (Å²) >= 11 is 0. The number of imide groups is 1. The van der Waals surface area contributed by atoms with Gasteiger partial charge in [-0.05, 0) is 114 Å². The zero-order valence-electron chi connectivity index (χ0n) is 32.6. The van der Waals surface area contributed by atoms with Gasteiger partial charge in [-0.25, -0.2) is 4.79 Å². The Bertz CT molecular complexity index is 2340. The van der Waals surface area contributed by atoms with Crippen molar-refractivity contribution in [3.05, 3.63) is 82.7 Å². The normalized spacial score (nSPS) is 21.2. The predicted octanol–water partition coefficient (Wildman–Crippen LogP) is 4.87. The molecule has 3 amide bonds. The maximum absolute atomic E-state index is 13.2. The van der Waals surface area contributed by atoms with E-state index in [-0.39, 0.29) is 30.0 Å². The highest BCUT2D eigenvalue weighted by Gasteiger charge is 2.33. The van der Waals surface area contributed by atoms with Gasteiger partial charge in [-0.2, -0.15) is 5.10 Å². The molecule has 2 aromatic carbocycles. The first-order chi connectivity index (χ1) is 26.8. The maximum atomic E-state index is 13.2. The number of aliphatic hydroxyl groups is 1. The molecule has 14 heteroatoms. The molecule has 2 aliphatic heterocycles. The van der Waals surface area contributed by atoms with E-state index in [1.807, 2.05) is 24.3 Å². The average Bonchev–Trinajstić information content (AvgIpc) is 3.72. The number of imidazole rings is 1. The van der Waals surface area contributed by atoms with Crippen LogP contribution in [0.5, 0.6) is 0 Å². The Kier molecular flexibility index (Phi) is 10.0. The van der Waals surface area contributed by atoms with Gasteiger partial charge in [-0.3, -0.25) is 38.5 Å². The first kappa shape index (κ1) is 37.6. The second-order valence-electron chi connectivity index (χ2n) is 16.5. The van der Waals surface area contributed by atoms with Gasteiger partial charge in [0.15, 0.2) is 0 Å². The number of aromatic nitrogens is 5. The molecule has 1 saturated carbocycles. The number of nitrogens with zero attached hydrogens (tertiary/aromatic N) is 7. The number of carbonyl (C=O) groups excluding carboxylic acids is 3. The van der Waals surface area contributed by atoms with Crippen molar-refractivity contribution in [1.29, 1.82) is 0 Å². The van der Waals surface area contributed by atoms with Gasteiger partial charge in [0.2, 0.25) is 11.8 Å². The van der Waals surface area contributed by atoms with Crippen molar-refractivity contribution in [3.63, 3.8) is 0 Å². The van der Waals surface area contributed by atoms with E-state index >= 15 is 0 Å². The Labute approximate surface area is 325 Å². The SMILES string of the molecule is CN(C[C@H]1CC[C@H](n2cc3cc(NC(=O)c4ccccn4)c(C(C)(C)O)cc3n2)CC1)C1CCN(c2ccc3c(c2)n(C2CCC(=O)NC2=O)c(=O)n3C)CC1. The van der Waals surface area contributed by atoms with E-state index in [1.54, 1.807) is 54.4 Å². The number of hydrogen-bond donors (Lipinski definition) is 3. The molecule has 3 fully saturated rings. The van der Waals surface area contributed by atoms with Crippen molar-refractivity contribution in [3.8, 4) is 0 Å². The fourth-order valence-electron chi connectivity index (χ4n) is 9.07. The van der Waals surface area contributed by atoms with Crippen LogP contribution in [0.2, 0.25) is 0 Å². The zero-order chi connectivity index (χ0) is 39.3. The zero-order valence-corrected chi connectivity index (χ0v) is 32.6. The summed E-state index contributed by atoms with van der Waals surface area (Å²) in [6.45, 7) is 6.28. The minimum absolute atomic E-state index is 0.215. The van der Waals surface area contributed by atoms with E-state index in [4.69, 9.17) is 5.10 Å². The van der Waals surface area contributed by atoms with Gasteiger partial charge >= 0.3 is 5.69 Å². The fourth-order valence-corrected chi connectivity index (χ4v) is 9.07. The number of pyridine rings is 1. The summed E-state index contributed by atoms with van der Waals surface area (Å²) in [6, 6.07) is 15.1. The van der Waals surface area contributed by atoms with E-state index in [1.165, 1.54) is 0 Å². The predicted molar refractivity (Wildman–Crippen MR) is 215 cm³/mol. The van der Waals surface area contributed by atoms with Crippen LogP contribution in [0.15, 0.2) is 65.7 Å². The molecule has 8 rings (SSSR count). The lowest BCUT2D eigenvalue weighted by molar-refractivity contribution is -0.135. The van der Waals surface area contributed by atoms with Crippen molar-refractivity contribution < 1.29 is 19.5 Å². The highest BCUT2D eigenvalue weighted by atomic mass is 16.3. The van der Waals surface area contributed by atoms with Crippen molar-refractivity contribution in [2.45, 2.75) is 88.9 Å². The van der Waals surface area contributed by atoms with E-state index in [0.29, 0.717) is 35.3 Å². The molecule has 5 aromatic rings. The highest BCUT2D eigenvalue weighted by molar-refractivity contribution is 6.04. The first-order valence-corrected chi connectivity index (χ1v) is 19.8. The smallest absolute Gasteiger partial charge is 0.329 e. The van der Waals surface area contributed by atoms with Gasteiger partial charge in [0.05, 0.1) is 28.2 Å². The molecule has 14 nitrogen and oxygen atoms in total. The summed E-state index contributed by atoms with van der Waals surface area (Å²) in [4.78, 5) is 59.8. The average molecular weight is 762 g/mol. The lowest BCUT2D eigenvalue weighted by Gasteiger charge is -2.40. The van der Waals surface area contributed by atoms with Crippen LogP contribution in [0.1, 0.15) is 93.3 Å². The monoisotopic (exact) mass is 761 g/mol. The van der Waals surface area contributed by atoms with Crippen LogP contribution in [0.3, 0.4) is 0 Å². The molecule has 1 aliphatic carbocycles. The number of benzene rings is 2. The van der Waals surface area contributed by atoms with Gasteiger partial charge in [0.1, 0.15) is 11.7 Å². The molecule has 3 aromatic heterocycles. The number of piperidine rings is 2. The molecule has 0 spiro atoms. The topological polar surface area (TPSA) is 160 Å². The molecule has 0 bridgehead atoms. The summed E-state index contributed by atoms with van der Waals surface area (Å²) in [6.07, 6.45) is 10.6. The molecule has 1 atom stereocenters. The van der Waals surface area contributed by atoms with E-state index in [9.17, 15) is 24.3 Å². The minimum atomic E-state index is -1.19. The number of rotatable bonds is 9. The van der Waals surface area contributed by atoms with Crippen LogP contribution in [0.25, 0.3) is 21.9 Å². The third kappa shape index (κ3) is 7.35. The quantitative estimate of drug-likeness (QED) is 0.178. The summed E-state index contributed by atoms with van der Waals surface area (Å²) < 4.78 is 5.21. The molecule has 5 heterocycles. The second kappa shape index (κ2) is 15.0. The van der Waals surface area contributed by atoms with Crippen LogP contribution in [-0.4, -0.2) is 84.4 Å². The lowest BCUT2D eigenvalue weighted by Crippen LogP contribution is -2.45. The summed E-state index contributed by atoms with van der Waals surface area (Å²) in [7, 11) is 3.98. The van der Waals surface area contributed by atoms with Crippen molar-refractivity contribution in [1.82, 2.24) is 34.1 Å². The van der Waals surface area contributed by atoms with Crippen LogP contribution in [0, 0.1) is 5.92 Å².